The summed E-state index contributed by atoms with van der Waals surface area (Å²) in [6.07, 6.45) is 0. The second-order valence-corrected chi connectivity index (χ2v) is 9.81. The molecule has 0 unspecified atom stereocenters. The molecule has 0 saturated carbocycles. The number of hydrogen-bond acceptors (Lipinski definition) is 0. The van der Waals surface area contributed by atoms with E-state index in [0.717, 1.165) is 0 Å². The molecule has 0 heterocycles. The van der Waals surface area contributed by atoms with Crippen LogP contribution in [-0.2, 0) is 24.6 Å². The summed E-state index contributed by atoms with van der Waals surface area (Å²) in [5.74, 6) is 0. The van der Waals surface area contributed by atoms with Gasteiger partial charge in [0.25, 0.3) is 0 Å². The maximum atomic E-state index is 2.40. The summed E-state index contributed by atoms with van der Waals surface area (Å²) in [7, 11) is 0. The van der Waals surface area contributed by atoms with Gasteiger partial charge in [-0.25, -0.2) is 0 Å². The first-order valence-corrected chi connectivity index (χ1v) is 9.39. The molecule has 0 radical (unpaired) electrons. The summed E-state index contributed by atoms with van der Waals surface area (Å²) in [4.78, 5) is 0. The molecule has 1 aliphatic carbocycles. The average Bonchev–Trinajstić information content (AvgIpc) is 2.53. The normalized spacial score (nSPS) is 18.5. The standard InChI is InChI=1S/C10H15.C10H13.Ti/c1-7-6-10(4,5)9(3)8(7)2;1-10(2,3)9-7-5-4-6-8-9;/h1-5H3;4-7H,1-3H3;. The molecule has 112 valence electrons. The van der Waals surface area contributed by atoms with Crippen LogP contribution in [-0.4, -0.2) is 0 Å². The van der Waals surface area contributed by atoms with Crippen LogP contribution in [0.15, 0.2) is 44.9 Å². The summed E-state index contributed by atoms with van der Waals surface area (Å²) in [6.45, 7) is 18.7. The van der Waals surface area contributed by atoms with E-state index in [-0.39, 0.29) is 30.0 Å². The first kappa shape index (κ1) is 16.8. The second kappa shape index (κ2) is 5.56. The van der Waals surface area contributed by atoms with E-state index in [1.54, 1.807) is 18.9 Å². The monoisotopic (exact) mass is 316 g/mol. The van der Waals surface area contributed by atoms with E-state index >= 15 is 0 Å². The van der Waals surface area contributed by atoms with Gasteiger partial charge in [0.05, 0.1) is 0 Å². The SMILES string of the molecule is CC1=C(C)C(C)(C)[C]([Ti][c]2ccccc2C(C)(C)C)=C1C. The Balaban J connectivity index is 2.46. The van der Waals surface area contributed by atoms with E-state index in [0.29, 0.717) is 0 Å². The van der Waals surface area contributed by atoms with Crippen molar-refractivity contribution in [1.82, 2.24) is 0 Å². The Morgan fingerprint density at radius 1 is 0.905 bits per heavy atom. The fraction of sp³-hybridized carbons (Fsp3) is 0.500. The van der Waals surface area contributed by atoms with Crippen molar-refractivity contribution in [1.29, 1.82) is 0 Å². The van der Waals surface area contributed by atoms with Crippen molar-refractivity contribution in [2.45, 2.75) is 60.8 Å². The van der Waals surface area contributed by atoms with Crippen molar-refractivity contribution in [3.8, 4) is 0 Å². The summed E-state index contributed by atoms with van der Waals surface area (Å²) in [5, 5.41) is 0. The molecule has 1 aromatic carbocycles. The van der Waals surface area contributed by atoms with Gasteiger partial charge in [-0.05, 0) is 0 Å². The van der Waals surface area contributed by atoms with Gasteiger partial charge in [0.1, 0.15) is 0 Å². The van der Waals surface area contributed by atoms with E-state index in [4.69, 9.17) is 0 Å². The van der Waals surface area contributed by atoms with Crippen LogP contribution in [0.25, 0.3) is 0 Å². The third kappa shape index (κ3) is 2.98. The molecule has 0 fully saturated rings. The molecule has 1 aliphatic rings. The molecule has 0 spiro atoms. The van der Waals surface area contributed by atoms with Crippen LogP contribution in [0.1, 0.15) is 61.0 Å². The molecule has 0 bridgehead atoms. The van der Waals surface area contributed by atoms with Crippen molar-refractivity contribution in [3.05, 3.63) is 50.4 Å². The topological polar surface area (TPSA) is 0 Å². The Morgan fingerprint density at radius 3 is 1.95 bits per heavy atom. The van der Waals surface area contributed by atoms with Gasteiger partial charge in [0.15, 0.2) is 0 Å². The minimum atomic E-state index is -0.272. The zero-order valence-electron chi connectivity index (χ0n) is 14.8. The molecule has 21 heavy (non-hydrogen) atoms. The Kier molecular flexibility index (Phi) is 4.44. The first-order chi connectivity index (χ1) is 9.56. The van der Waals surface area contributed by atoms with Crippen LogP contribution in [0.5, 0.6) is 0 Å². The Labute approximate surface area is 139 Å². The van der Waals surface area contributed by atoms with Gasteiger partial charge in [-0.15, -0.1) is 0 Å². The number of rotatable bonds is 2. The van der Waals surface area contributed by atoms with Gasteiger partial charge in [0.2, 0.25) is 0 Å². The van der Waals surface area contributed by atoms with Gasteiger partial charge in [-0.1, -0.05) is 0 Å². The maximum absolute atomic E-state index is 2.40. The van der Waals surface area contributed by atoms with E-state index in [2.05, 4.69) is 79.7 Å². The van der Waals surface area contributed by atoms with Gasteiger partial charge in [-0.3, -0.25) is 0 Å². The quantitative estimate of drug-likeness (QED) is 0.646. The molecule has 0 N–H and O–H groups in total. The molecule has 0 amide bonds. The van der Waals surface area contributed by atoms with Gasteiger partial charge in [0, 0.05) is 0 Å². The van der Waals surface area contributed by atoms with Crippen LogP contribution in [0.3, 0.4) is 0 Å². The van der Waals surface area contributed by atoms with Crippen molar-refractivity contribution in [3.63, 3.8) is 0 Å². The third-order valence-corrected chi connectivity index (χ3v) is 8.11. The molecular formula is C20H28Ti. The van der Waals surface area contributed by atoms with Crippen LogP contribution < -0.4 is 3.87 Å². The van der Waals surface area contributed by atoms with Crippen LogP contribution in [0, 0.1) is 5.41 Å². The summed E-state index contributed by atoms with van der Waals surface area (Å²) in [6, 6.07) is 9.08. The average molecular weight is 316 g/mol. The molecular weight excluding hydrogens is 288 g/mol. The van der Waals surface area contributed by atoms with Crippen LogP contribution in [0.4, 0.5) is 0 Å². The predicted molar refractivity (Wildman–Crippen MR) is 89.6 cm³/mol. The molecule has 0 nitrogen and oxygen atoms in total. The Bertz CT molecular complexity index is 621. The summed E-state index contributed by atoms with van der Waals surface area (Å²) in [5.41, 5.74) is 6.65. The van der Waals surface area contributed by atoms with E-state index in [1.807, 2.05) is 0 Å². The van der Waals surface area contributed by atoms with Gasteiger partial charge in [-0.2, -0.15) is 0 Å². The van der Waals surface area contributed by atoms with Crippen LogP contribution >= 0.6 is 0 Å². The van der Waals surface area contributed by atoms with E-state index < -0.39 is 0 Å². The zero-order valence-corrected chi connectivity index (χ0v) is 16.4. The molecule has 1 heteroatoms. The van der Waals surface area contributed by atoms with Crippen molar-refractivity contribution in [2.75, 3.05) is 0 Å². The van der Waals surface area contributed by atoms with E-state index in [9.17, 15) is 0 Å². The molecule has 0 aliphatic heterocycles. The first-order valence-electron chi connectivity index (χ1n) is 7.83. The predicted octanol–water partition coefficient (Wildman–Crippen LogP) is 5.34. The van der Waals surface area contributed by atoms with Crippen LogP contribution in [0.2, 0.25) is 0 Å². The van der Waals surface area contributed by atoms with Crippen molar-refractivity contribution < 1.29 is 19.2 Å². The minimum absolute atomic E-state index is 0.231. The molecule has 0 atom stereocenters. The fourth-order valence-electron chi connectivity index (χ4n) is 3.22. The number of allylic oxidation sites excluding steroid dienone is 4. The fourth-order valence-corrected chi connectivity index (χ4v) is 6.22. The number of benzene rings is 1. The molecule has 2 rings (SSSR count). The summed E-state index contributed by atoms with van der Waals surface area (Å²) < 4.78 is 3.32. The van der Waals surface area contributed by atoms with Gasteiger partial charge >= 0.3 is 140 Å². The molecule has 0 aromatic heterocycles. The molecule has 1 aromatic rings. The zero-order chi connectivity index (χ0) is 16.0. The van der Waals surface area contributed by atoms with Gasteiger partial charge < -0.3 is 0 Å². The van der Waals surface area contributed by atoms with Crippen molar-refractivity contribution in [2.24, 2.45) is 5.41 Å². The molecule has 0 saturated heterocycles. The van der Waals surface area contributed by atoms with E-state index in [1.165, 1.54) is 11.1 Å². The number of hydrogen-bond donors (Lipinski definition) is 0. The van der Waals surface area contributed by atoms with Crippen molar-refractivity contribution >= 4 is 3.87 Å². The second-order valence-electron chi connectivity index (χ2n) is 7.80. The Morgan fingerprint density at radius 2 is 1.48 bits per heavy atom. The third-order valence-electron chi connectivity index (χ3n) is 5.06. The summed E-state index contributed by atoms with van der Waals surface area (Å²) >= 11 is -0.272. The Hall–Kier alpha value is -0.586.